The quantitative estimate of drug-likeness (QED) is 0.266. The maximum Gasteiger partial charge on any atom is 0.192 e. The van der Waals surface area contributed by atoms with Crippen LogP contribution in [-0.4, -0.2) is 57.6 Å². The summed E-state index contributed by atoms with van der Waals surface area (Å²) < 4.78 is 41.4. The Balaban J connectivity index is 1.53. The van der Waals surface area contributed by atoms with Gasteiger partial charge in [0.25, 0.3) is 0 Å². The smallest absolute Gasteiger partial charge is 0.192 e. The standard InChI is InChI=1S/C26H32F2N6O3Si/c1-26(2,3)38(4,5)37-16-18(35)13-29-24-20(28)14-30-25(31-24)22-12-23(21-10-11-36-33-21)34(32-22)15-17-8-6-7-9-19(17)27/h6-12,14,18,35H,13,15-16H2,1-5H3,(H,29,30,31)/t18-/m1/s1. The second kappa shape index (κ2) is 11.1. The Morgan fingerprint density at radius 3 is 2.58 bits per heavy atom. The van der Waals surface area contributed by atoms with Gasteiger partial charge in [0, 0.05) is 18.2 Å². The lowest BCUT2D eigenvalue weighted by Crippen LogP contribution is -2.43. The molecule has 0 unspecified atom stereocenters. The van der Waals surface area contributed by atoms with Gasteiger partial charge >= 0.3 is 0 Å². The van der Waals surface area contributed by atoms with Crippen LogP contribution in [0.5, 0.6) is 0 Å². The van der Waals surface area contributed by atoms with E-state index in [-0.39, 0.29) is 42.2 Å². The highest BCUT2D eigenvalue weighted by Crippen LogP contribution is 2.36. The summed E-state index contributed by atoms with van der Waals surface area (Å²) in [6, 6.07) is 9.73. The Bertz CT molecular complexity index is 1370. The van der Waals surface area contributed by atoms with Crippen LogP contribution in [0, 0.1) is 11.6 Å². The van der Waals surface area contributed by atoms with E-state index >= 15 is 0 Å². The van der Waals surface area contributed by atoms with Crippen LogP contribution in [-0.2, 0) is 11.0 Å². The number of nitrogens with zero attached hydrogens (tertiary/aromatic N) is 5. The van der Waals surface area contributed by atoms with Gasteiger partial charge in [-0.15, -0.1) is 0 Å². The highest BCUT2D eigenvalue weighted by Gasteiger charge is 2.37. The van der Waals surface area contributed by atoms with Crippen molar-refractivity contribution in [3.05, 3.63) is 66.1 Å². The molecule has 0 amide bonds. The number of aliphatic hydroxyl groups excluding tert-OH is 1. The number of benzene rings is 1. The molecular weight excluding hydrogens is 510 g/mol. The van der Waals surface area contributed by atoms with Gasteiger partial charge in [0.05, 0.1) is 31.1 Å². The van der Waals surface area contributed by atoms with Crippen molar-refractivity contribution in [2.24, 2.45) is 0 Å². The van der Waals surface area contributed by atoms with E-state index in [0.717, 1.165) is 6.20 Å². The molecule has 0 aliphatic heterocycles. The van der Waals surface area contributed by atoms with Crippen LogP contribution in [0.15, 0.2) is 53.4 Å². The topological polar surface area (TPSA) is 111 Å². The van der Waals surface area contributed by atoms with Gasteiger partial charge in [-0.2, -0.15) is 5.10 Å². The van der Waals surface area contributed by atoms with Crippen molar-refractivity contribution in [1.29, 1.82) is 0 Å². The Hall–Kier alpha value is -3.48. The van der Waals surface area contributed by atoms with Crippen molar-refractivity contribution in [2.45, 2.75) is 51.6 Å². The SMILES string of the molecule is CC(C)(C)[Si](C)(C)OC[C@H](O)CNc1nc(-c2cc(-c3ccon3)n(Cc3ccccc3F)n2)ncc1F. The molecule has 0 saturated heterocycles. The number of aliphatic hydroxyl groups is 1. The van der Waals surface area contributed by atoms with Crippen LogP contribution in [0.3, 0.4) is 0 Å². The third-order valence-electron chi connectivity index (χ3n) is 6.68. The van der Waals surface area contributed by atoms with Crippen molar-refractivity contribution in [3.63, 3.8) is 0 Å². The molecule has 38 heavy (non-hydrogen) atoms. The van der Waals surface area contributed by atoms with Crippen LogP contribution in [0.1, 0.15) is 26.3 Å². The normalized spacial score (nSPS) is 13.1. The lowest BCUT2D eigenvalue weighted by molar-refractivity contribution is 0.109. The van der Waals surface area contributed by atoms with E-state index in [1.807, 2.05) is 0 Å². The molecule has 4 aromatic rings. The molecule has 1 atom stereocenters. The summed E-state index contributed by atoms with van der Waals surface area (Å²) in [4.78, 5) is 8.38. The fourth-order valence-electron chi connectivity index (χ4n) is 3.39. The fraction of sp³-hybridized carbons (Fsp3) is 0.385. The zero-order valence-electron chi connectivity index (χ0n) is 22.1. The minimum Gasteiger partial charge on any atom is -0.414 e. The summed E-state index contributed by atoms with van der Waals surface area (Å²) in [5, 5.41) is 21.8. The van der Waals surface area contributed by atoms with Crippen LogP contribution in [0.2, 0.25) is 18.1 Å². The van der Waals surface area contributed by atoms with Crippen molar-refractivity contribution >= 4 is 14.1 Å². The average Bonchev–Trinajstić information content (AvgIpc) is 3.53. The Labute approximate surface area is 221 Å². The molecule has 0 aliphatic carbocycles. The van der Waals surface area contributed by atoms with Crippen LogP contribution in [0.25, 0.3) is 22.9 Å². The summed E-state index contributed by atoms with van der Waals surface area (Å²) in [7, 11) is -2.03. The van der Waals surface area contributed by atoms with E-state index in [1.54, 1.807) is 35.0 Å². The molecular formula is C26H32F2N6O3Si. The summed E-state index contributed by atoms with van der Waals surface area (Å²) in [6.07, 6.45) is 1.60. The number of rotatable bonds is 10. The van der Waals surface area contributed by atoms with Gasteiger partial charge in [0.15, 0.2) is 25.8 Å². The van der Waals surface area contributed by atoms with E-state index in [9.17, 15) is 13.9 Å². The molecule has 0 spiro atoms. The zero-order chi connectivity index (χ0) is 27.5. The van der Waals surface area contributed by atoms with Crippen LogP contribution >= 0.6 is 0 Å². The summed E-state index contributed by atoms with van der Waals surface area (Å²) in [5.41, 5.74) is 1.82. The van der Waals surface area contributed by atoms with Gasteiger partial charge in [0.2, 0.25) is 0 Å². The fourth-order valence-corrected chi connectivity index (χ4v) is 4.44. The molecule has 1 aromatic carbocycles. The van der Waals surface area contributed by atoms with Crippen molar-refractivity contribution < 1.29 is 22.8 Å². The maximum atomic E-state index is 14.5. The third kappa shape index (κ3) is 6.32. The molecule has 0 bridgehead atoms. The zero-order valence-corrected chi connectivity index (χ0v) is 23.1. The number of nitrogens with one attached hydrogen (secondary N) is 1. The van der Waals surface area contributed by atoms with Crippen molar-refractivity contribution in [1.82, 2.24) is 24.9 Å². The number of aromatic nitrogens is 5. The van der Waals surface area contributed by atoms with Crippen molar-refractivity contribution in [2.75, 3.05) is 18.5 Å². The van der Waals surface area contributed by atoms with Gasteiger partial charge in [0.1, 0.15) is 23.5 Å². The first kappa shape index (κ1) is 27.5. The summed E-state index contributed by atoms with van der Waals surface area (Å²) in [6.45, 7) is 10.8. The van der Waals surface area contributed by atoms with Gasteiger partial charge in [-0.25, -0.2) is 18.7 Å². The number of halogens is 2. The molecule has 0 radical (unpaired) electrons. The van der Waals surface area contributed by atoms with E-state index in [4.69, 9.17) is 8.95 Å². The monoisotopic (exact) mass is 542 g/mol. The summed E-state index contributed by atoms with van der Waals surface area (Å²) >= 11 is 0. The first-order valence-corrected chi connectivity index (χ1v) is 15.2. The number of anilines is 1. The van der Waals surface area contributed by atoms with E-state index in [0.29, 0.717) is 22.6 Å². The van der Waals surface area contributed by atoms with Crippen LogP contribution < -0.4 is 5.32 Å². The second-order valence-corrected chi connectivity index (χ2v) is 15.4. The van der Waals surface area contributed by atoms with E-state index in [1.165, 1.54) is 12.3 Å². The molecule has 0 aliphatic rings. The van der Waals surface area contributed by atoms with Gasteiger partial charge < -0.3 is 19.4 Å². The molecule has 4 rings (SSSR count). The third-order valence-corrected chi connectivity index (χ3v) is 11.2. The van der Waals surface area contributed by atoms with Crippen molar-refractivity contribution in [3.8, 4) is 22.9 Å². The molecule has 202 valence electrons. The minimum atomic E-state index is -2.03. The summed E-state index contributed by atoms with van der Waals surface area (Å²) in [5.74, 6) is -0.962. The lowest BCUT2D eigenvalue weighted by atomic mass is 10.2. The Kier molecular flexibility index (Phi) is 8.04. The molecule has 2 N–H and O–H groups in total. The highest BCUT2D eigenvalue weighted by molar-refractivity contribution is 6.74. The highest BCUT2D eigenvalue weighted by atomic mass is 28.4. The molecule has 3 aromatic heterocycles. The molecule has 3 heterocycles. The minimum absolute atomic E-state index is 0.00827. The van der Waals surface area contributed by atoms with Gasteiger partial charge in [-0.3, -0.25) is 4.68 Å². The predicted molar refractivity (Wildman–Crippen MR) is 142 cm³/mol. The van der Waals surface area contributed by atoms with E-state index < -0.39 is 20.2 Å². The maximum absolute atomic E-state index is 14.5. The number of hydrogen-bond donors (Lipinski definition) is 2. The Morgan fingerprint density at radius 2 is 1.89 bits per heavy atom. The lowest BCUT2D eigenvalue weighted by Gasteiger charge is -2.36. The Morgan fingerprint density at radius 1 is 1.13 bits per heavy atom. The molecule has 0 saturated carbocycles. The van der Waals surface area contributed by atoms with E-state index in [2.05, 4.69) is 59.4 Å². The van der Waals surface area contributed by atoms with Gasteiger partial charge in [-0.05, 0) is 30.3 Å². The first-order valence-electron chi connectivity index (χ1n) is 12.3. The largest absolute Gasteiger partial charge is 0.414 e. The molecule has 12 heteroatoms. The molecule has 9 nitrogen and oxygen atoms in total. The van der Waals surface area contributed by atoms with Gasteiger partial charge in [-0.1, -0.05) is 44.1 Å². The first-order chi connectivity index (χ1) is 17.9. The van der Waals surface area contributed by atoms with Crippen LogP contribution in [0.4, 0.5) is 14.6 Å². The second-order valence-electron chi connectivity index (χ2n) is 10.5. The molecule has 0 fully saturated rings. The average molecular weight is 543 g/mol. The predicted octanol–water partition coefficient (Wildman–Crippen LogP) is 5.12. The number of hydrogen-bond acceptors (Lipinski definition) is 8.